The number of hydrogen-bond donors (Lipinski definition) is 0. The quantitative estimate of drug-likeness (QED) is 0.514. The Balaban J connectivity index is 2.68. The van der Waals surface area contributed by atoms with E-state index in [-0.39, 0.29) is 5.38 Å². The molecule has 0 spiro atoms. The van der Waals surface area contributed by atoms with Crippen LogP contribution >= 0.6 is 11.6 Å². The van der Waals surface area contributed by atoms with Crippen LogP contribution in [-0.4, -0.2) is 18.6 Å². The second-order valence-electron chi connectivity index (χ2n) is 1.26. The van der Waals surface area contributed by atoms with Crippen molar-refractivity contribution in [3.05, 3.63) is 6.92 Å². The van der Waals surface area contributed by atoms with Crippen LogP contribution in [0.1, 0.15) is 6.92 Å². The molecule has 7 heavy (non-hydrogen) atoms. The fourth-order valence-electron chi connectivity index (χ4n) is 0.246. The monoisotopic (exact) mass is 121 g/mol. The zero-order valence-corrected chi connectivity index (χ0v) is 5.24. The fraction of sp³-hybridized carbons (Fsp3) is 0.800. The molecule has 1 nitrogen and oxygen atoms in total. The lowest BCUT2D eigenvalue weighted by atomic mass is 10.5. The van der Waals surface area contributed by atoms with Crippen molar-refractivity contribution in [2.24, 2.45) is 0 Å². The maximum atomic E-state index is 5.42. The summed E-state index contributed by atoms with van der Waals surface area (Å²) in [6.07, 6.45) is 0. The molecule has 0 rings (SSSR count). The molecule has 0 bridgehead atoms. The van der Waals surface area contributed by atoms with E-state index in [0.29, 0.717) is 6.61 Å². The minimum absolute atomic E-state index is 0.0973. The van der Waals surface area contributed by atoms with Crippen molar-refractivity contribution in [3.63, 3.8) is 0 Å². The van der Waals surface area contributed by atoms with Crippen LogP contribution in [0.3, 0.4) is 0 Å². The summed E-state index contributed by atoms with van der Waals surface area (Å²) in [5.74, 6) is 0. The van der Waals surface area contributed by atoms with Gasteiger partial charge in [-0.25, -0.2) is 0 Å². The molecule has 1 unspecified atom stereocenters. The zero-order valence-electron chi connectivity index (χ0n) is 4.48. The van der Waals surface area contributed by atoms with Gasteiger partial charge < -0.3 is 4.74 Å². The third kappa shape index (κ3) is 6.25. The van der Waals surface area contributed by atoms with Crippen molar-refractivity contribution < 1.29 is 4.74 Å². The van der Waals surface area contributed by atoms with Crippen LogP contribution in [-0.2, 0) is 4.74 Å². The maximum Gasteiger partial charge on any atom is 0.0629 e. The number of hydrogen-bond acceptors (Lipinski definition) is 1. The third-order valence-electron chi connectivity index (χ3n) is 0.503. The lowest BCUT2D eigenvalue weighted by Gasteiger charge is -1.99. The Morgan fingerprint density at radius 1 is 1.86 bits per heavy atom. The number of alkyl halides is 1. The highest BCUT2D eigenvalue weighted by molar-refractivity contribution is 6.21. The summed E-state index contributed by atoms with van der Waals surface area (Å²) in [6, 6.07) is 0. The molecule has 0 aromatic rings. The molecule has 0 N–H and O–H groups in total. The predicted octanol–water partition coefficient (Wildman–Crippen LogP) is 1.46. The van der Waals surface area contributed by atoms with Gasteiger partial charge in [0.15, 0.2) is 0 Å². The third-order valence-corrected chi connectivity index (χ3v) is 0.629. The van der Waals surface area contributed by atoms with Gasteiger partial charge in [-0.15, -0.1) is 11.6 Å². The van der Waals surface area contributed by atoms with E-state index in [1.165, 1.54) is 0 Å². The van der Waals surface area contributed by atoms with Gasteiger partial charge in [0.1, 0.15) is 0 Å². The van der Waals surface area contributed by atoms with E-state index in [4.69, 9.17) is 16.3 Å². The van der Waals surface area contributed by atoms with Crippen molar-refractivity contribution in [1.29, 1.82) is 0 Å². The molecule has 1 atom stereocenters. The van der Waals surface area contributed by atoms with Gasteiger partial charge in [0, 0.05) is 6.61 Å². The highest BCUT2D eigenvalue weighted by Crippen LogP contribution is 1.91. The average Bonchev–Trinajstić information content (AvgIpc) is 1.61. The normalized spacial score (nSPS) is 14.1. The highest BCUT2D eigenvalue weighted by atomic mass is 35.5. The van der Waals surface area contributed by atoms with Crippen LogP contribution in [0.2, 0.25) is 0 Å². The smallest absolute Gasteiger partial charge is 0.0629 e. The standard InChI is InChI=1S/C5H10ClO/c1-3-7-4-5(2)6/h5H,2-4H2,1H3. The van der Waals surface area contributed by atoms with Crippen LogP contribution in [0.15, 0.2) is 0 Å². The van der Waals surface area contributed by atoms with Gasteiger partial charge in [-0.3, -0.25) is 0 Å². The van der Waals surface area contributed by atoms with Crippen LogP contribution in [0.25, 0.3) is 0 Å². The molecule has 2 heteroatoms. The van der Waals surface area contributed by atoms with E-state index < -0.39 is 0 Å². The Hall–Kier alpha value is 0.250. The van der Waals surface area contributed by atoms with Gasteiger partial charge in [0.25, 0.3) is 0 Å². The Labute approximate surface area is 49.6 Å². The van der Waals surface area contributed by atoms with Gasteiger partial charge in [-0.05, 0) is 13.8 Å². The molecule has 0 aliphatic heterocycles. The molecule has 43 valence electrons. The molecule has 0 saturated heterocycles. The summed E-state index contributed by atoms with van der Waals surface area (Å²) >= 11 is 5.42. The summed E-state index contributed by atoms with van der Waals surface area (Å²) < 4.78 is 4.90. The Morgan fingerprint density at radius 3 is 2.57 bits per heavy atom. The van der Waals surface area contributed by atoms with Crippen molar-refractivity contribution in [2.75, 3.05) is 13.2 Å². The number of halogens is 1. The van der Waals surface area contributed by atoms with Crippen molar-refractivity contribution in [1.82, 2.24) is 0 Å². The summed E-state index contributed by atoms with van der Waals surface area (Å²) in [5.41, 5.74) is 0. The van der Waals surface area contributed by atoms with Crippen molar-refractivity contribution >= 4 is 11.6 Å². The first-order chi connectivity index (χ1) is 3.27. The zero-order chi connectivity index (χ0) is 5.70. The lowest BCUT2D eigenvalue weighted by molar-refractivity contribution is 0.154. The Kier molecular flexibility index (Phi) is 4.57. The first kappa shape index (κ1) is 7.25. The number of ether oxygens (including phenoxy) is 1. The van der Waals surface area contributed by atoms with Crippen molar-refractivity contribution in [2.45, 2.75) is 12.3 Å². The number of rotatable bonds is 3. The topological polar surface area (TPSA) is 9.23 Å². The van der Waals surface area contributed by atoms with E-state index >= 15 is 0 Å². The lowest BCUT2D eigenvalue weighted by Crippen LogP contribution is -2.03. The first-order valence-corrected chi connectivity index (χ1v) is 2.76. The van der Waals surface area contributed by atoms with E-state index in [9.17, 15) is 0 Å². The van der Waals surface area contributed by atoms with Crippen LogP contribution in [0.4, 0.5) is 0 Å². The molecule has 0 aromatic heterocycles. The summed E-state index contributed by atoms with van der Waals surface area (Å²) in [7, 11) is 0. The maximum absolute atomic E-state index is 5.42. The molecule has 0 amide bonds. The van der Waals surface area contributed by atoms with Crippen LogP contribution in [0, 0.1) is 6.92 Å². The molecule has 1 radical (unpaired) electrons. The average molecular weight is 122 g/mol. The molecule has 0 fully saturated rings. The first-order valence-electron chi connectivity index (χ1n) is 2.32. The van der Waals surface area contributed by atoms with Crippen molar-refractivity contribution in [3.8, 4) is 0 Å². The second kappa shape index (κ2) is 4.41. The molecule has 0 aliphatic rings. The Bertz CT molecular complexity index is 37.1. The van der Waals surface area contributed by atoms with Crippen LogP contribution < -0.4 is 0 Å². The summed E-state index contributed by atoms with van der Waals surface area (Å²) in [6.45, 7) is 6.72. The minimum atomic E-state index is -0.0973. The van der Waals surface area contributed by atoms with E-state index in [1.54, 1.807) is 0 Å². The molecular weight excluding hydrogens is 112 g/mol. The SMILES string of the molecule is [CH2]C(Cl)COCC. The fourth-order valence-corrected chi connectivity index (χ4v) is 0.335. The van der Waals surface area contributed by atoms with Gasteiger partial charge in [0.05, 0.1) is 12.0 Å². The molecule has 0 heterocycles. The van der Waals surface area contributed by atoms with Gasteiger partial charge in [0.2, 0.25) is 0 Å². The van der Waals surface area contributed by atoms with Gasteiger partial charge in [-0.2, -0.15) is 0 Å². The largest absolute Gasteiger partial charge is 0.380 e. The summed E-state index contributed by atoms with van der Waals surface area (Å²) in [5, 5.41) is -0.0973. The van der Waals surface area contributed by atoms with E-state index in [2.05, 4.69) is 6.92 Å². The molecular formula is C5H10ClO. The van der Waals surface area contributed by atoms with E-state index in [0.717, 1.165) is 6.61 Å². The van der Waals surface area contributed by atoms with Crippen LogP contribution in [0.5, 0.6) is 0 Å². The highest BCUT2D eigenvalue weighted by Gasteiger charge is 1.91. The molecule has 0 aliphatic carbocycles. The summed E-state index contributed by atoms with van der Waals surface area (Å²) in [4.78, 5) is 0. The molecule has 0 saturated carbocycles. The molecule has 0 aromatic carbocycles. The second-order valence-corrected chi connectivity index (χ2v) is 1.87. The van der Waals surface area contributed by atoms with Gasteiger partial charge in [-0.1, -0.05) is 0 Å². The predicted molar refractivity (Wildman–Crippen MR) is 31.5 cm³/mol. The van der Waals surface area contributed by atoms with E-state index in [1.807, 2.05) is 6.92 Å². The van der Waals surface area contributed by atoms with Gasteiger partial charge >= 0.3 is 0 Å². The minimum Gasteiger partial charge on any atom is -0.380 e. The Morgan fingerprint density at radius 2 is 2.43 bits per heavy atom.